The van der Waals surface area contributed by atoms with E-state index in [4.69, 9.17) is 0 Å². The number of carbonyl (C=O) groups is 1. The Kier molecular flexibility index (Phi) is 4.75. The van der Waals surface area contributed by atoms with Gasteiger partial charge in [-0.15, -0.1) is 0 Å². The molecule has 1 aromatic carbocycles. The van der Waals surface area contributed by atoms with Gasteiger partial charge in [-0.1, -0.05) is 34.1 Å². The molecule has 0 N–H and O–H groups in total. The van der Waals surface area contributed by atoms with Gasteiger partial charge >= 0.3 is 5.97 Å². The highest BCUT2D eigenvalue weighted by Crippen LogP contribution is 2.23. The van der Waals surface area contributed by atoms with Gasteiger partial charge in [0.1, 0.15) is 6.67 Å². The molecule has 0 unspecified atom stereocenters. The SMILES string of the molecule is COC(=O)CCc1cccc(CF)c1Br. The lowest BCUT2D eigenvalue weighted by Crippen LogP contribution is -2.02. The Morgan fingerprint density at radius 3 is 2.73 bits per heavy atom. The molecule has 0 fully saturated rings. The fraction of sp³-hybridized carbons (Fsp3) is 0.364. The van der Waals surface area contributed by atoms with E-state index in [2.05, 4.69) is 20.7 Å². The summed E-state index contributed by atoms with van der Waals surface area (Å²) in [5, 5.41) is 0. The van der Waals surface area contributed by atoms with Crippen molar-refractivity contribution in [2.24, 2.45) is 0 Å². The predicted molar refractivity (Wildman–Crippen MR) is 59.3 cm³/mol. The molecule has 1 aromatic rings. The Morgan fingerprint density at radius 1 is 1.47 bits per heavy atom. The van der Waals surface area contributed by atoms with Crippen molar-refractivity contribution in [1.82, 2.24) is 0 Å². The Balaban J connectivity index is 2.73. The van der Waals surface area contributed by atoms with Crippen molar-refractivity contribution >= 4 is 21.9 Å². The zero-order valence-corrected chi connectivity index (χ0v) is 10.0. The number of benzene rings is 1. The largest absolute Gasteiger partial charge is 0.469 e. The number of halogens is 2. The molecule has 0 saturated carbocycles. The fourth-order valence-electron chi connectivity index (χ4n) is 1.27. The van der Waals surface area contributed by atoms with Gasteiger partial charge in [-0.25, -0.2) is 4.39 Å². The number of rotatable bonds is 4. The average Bonchev–Trinajstić information content (AvgIpc) is 2.27. The van der Waals surface area contributed by atoms with Crippen LogP contribution in [0.2, 0.25) is 0 Å². The molecule has 2 nitrogen and oxygen atoms in total. The van der Waals surface area contributed by atoms with Gasteiger partial charge in [0.2, 0.25) is 0 Å². The van der Waals surface area contributed by atoms with Crippen molar-refractivity contribution in [3.05, 3.63) is 33.8 Å². The highest BCUT2D eigenvalue weighted by atomic mass is 79.9. The Labute approximate surface area is 96.6 Å². The van der Waals surface area contributed by atoms with Crippen molar-refractivity contribution < 1.29 is 13.9 Å². The number of hydrogen-bond acceptors (Lipinski definition) is 2. The first-order chi connectivity index (χ1) is 7.19. The molecular formula is C11H12BrFO2. The van der Waals surface area contributed by atoms with Gasteiger partial charge in [0.15, 0.2) is 0 Å². The summed E-state index contributed by atoms with van der Waals surface area (Å²) in [6, 6.07) is 5.37. The molecule has 0 atom stereocenters. The minimum Gasteiger partial charge on any atom is -0.469 e. The lowest BCUT2D eigenvalue weighted by atomic mass is 10.1. The minimum absolute atomic E-state index is 0.257. The van der Waals surface area contributed by atoms with E-state index in [-0.39, 0.29) is 5.97 Å². The van der Waals surface area contributed by atoms with Crippen LogP contribution in [0.5, 0.6) is 0 Å². The standard InChI is InChI=1S/C11H12BrFO2/c1-15-10(14)6-5-8-3-2-4-9(7-13)11(8)12/h2-4H,5-7H2,1H3. The smallest absolute Gasteiger partial charge is 0.305 e. The molecular weight excluding hydrogens is 263 g/mol. The average molecular weight is 275 g/mol. The molecule has 0 radical (unpaired) electrons. The molecule has 0 amide bonds. The van der Waals surface area contributed by atoms with E-state index in [0.717, 1.165) is 10.0 Å². The van der Waals surface area contributed by atoms with Crippen LogP contribution in [0.15, 0.2) is 22.7 Å². The maximum Gasteiger partial charge on any atom is 0.305 e. The lowest BCUT2D eigenvalue weighted by molar-refractivity contribution is -0.140. The quantitative estimate of drug-likeness (QED) is 0.789. The highest BCUT2D eigenvalue weighted by molar-refractivity contribution is 9.10. The van der Waals surface area contributed by atoms with Gasteiger partial charge in [-0.2, -0.15) is 0 Å². The van der Waals surface area contributed by atoms with Gasteiger partial charge in [0.05, 0.1) is 7.11 Å². The third kappa shape index (κ3) is 3.30. The van der Waals surface area contributed by atoms with E-state index in [1.165, 1.54) is 7.11 Å². The summed E-state index contributed by atoms with van der Waals surface area (Å²) < 4.78 is 17.8. The molecule has 0 aliphatic heterocycles. The Hall–Kier alpha value is -0.900. The third-order valence-electron chi connectivity index (χ3n) is 2.13. The van der Waals surface area contributed by atoms with E-state index in [0.29, 0.717) is 18.4 Å². The molecule has 4 heteroatoms. The first-order valence-corrected chi connectivity index (χ1v) is 5.37. The van der Waals surface area contributed by atoms with Crippen LogP contribution in [0.3, 0.4) is 0 Å². The summed E-state index contributed by atoms with van der Waals surface area (Å²) in [6.07, 6.45) is 0.867. The molecule has 15 heavy (non-hydrogen) atoms. The van der Waals surface area contributed by atoms with Gasteiger partial charge in [-0.3, -0.25) is 4.79 Å². The van der Waals surface area contributed by atoms with E-state index in [1.807, 2.05) is 6.07 Å². The first-order valence-electron chi connectivity index (χ1n) is 4.58. The summed E-state index contributed by atoms with van der Waals surface area (Å²) >= 11 is 3.32. The van der Waals surface area contributed by atoms with E-state index < -0.39 is 6.67 Å². The molecule has 0 spiro atoms. The van der Waals surface area contributed by atoms with E-state index >= 15 is 0 Å². The highest BCUT2D eigenvalue weighted by Gasteiger charge is 2.07. The van der Waals surface area contributed by atoms with Gasteiger partial charge in [0, 0.05) is 10.9 Å². The Morgan fingerprint density at radius 2 is 2.13 bits per heavy atom. The molecule has 0 aliphatic carbocycles. The Bertz CT molecular complexity index is 352. The molecule has 82 valence electrons. The van der Waals surface area contributed by atoms with E-state index in [1.54, 1.807) is 12.1 Å². The van der Waals surface area contributed by atoms with Crippen molar-refractivity contribution in [1.29, 1.82) is 0 Å². The summed E-state index contributed by atoms with van der Waals surface area (Å²) in [4.78, 5) is 10.9. The van der Waals surface area contributed by atoms with Gasteiger partial charge in [0.25, 0.3) is 0 Å². The third-order valence-corrected chi connectivity index (χ3v) is 3.15. The van der Waals surface area contributed by atoms with Gasteiger partial charge in [-0.05, 0) is 17.5 Å². The van der Waals surface area contributed by atoms with Crippen molar-refractivity contribution in [3.8, 4) is 0 Å². The van der Waals surface area contributed by atoms with Crippen LogP contribution in [0.25, 0.3) is 0 Å². The molecule has 0 heterocycles. The molecule has 0 saturated heterocycles. The number of ether oxygens (including phenoxy) is 1. The van der Waals surface area contributed by atoms with E-state index in [9.17, 15) is 9.18 Å². The number of methoxy groups -OCH3 is 1. The van der Waals surface area contributed by atoms with Crippen LogP contribution in [-0.4, -0.2) is 13.1 Å². The van der Waals surface area contributed by atoms with Crippen molar-refractivity contribution in [2.45, 2.75) is 19.5 Å². The second kappa shape index (κ2) is 5.85. The van der Waals surface area contributed by atoms with Crippen LogP contribution in [-0.2, 0) is 22.6 Å². The summed E-state index contributed by atoms with van der Waals surface area (Å²) in [7, 11) is 1.36. The van der Waals surface area contributed by atoms with Crippen LogP contribution < -0.4 is 0 Å². The molecule has 0 aliphatic rings. The predicted octanol–water partition coefficient (Wildman–Crippen LogP) is 3.02. The number of alkyl halides is 1. The molecule has 0 bridgehead atoms. The number of hydrogen-bond donors (Lipinski definition) is 0. The normalized spacial score (nSPS) is 10.1. The van der Waals surface area contributed by atoms with Crippen molar-refractivity contribution in [3.63, 3.8) is 0 Å². The van der Waals surface area contributed by atoms with Crippen LogP contribution in [0.1, 0.15) is 17.5 Å². The summed E-state index contributed by atoms with van der Waals surface area (Å²) in [5.74, 6) is -0.257. The van der Waals surface area contributed by atoms with Gasteiger partial charge < -0.3 is 4.74 Å². The topological polar surface area (TPSA) is 26.3 Å². The second-order valence-corrected chi connectivity index (χ2v) is 3.89. The number of aryl methyl sites for hydroxylation is 1. The zero-order chi connectivity index (χ0) is 11.3. The summed E-state index contributed by atoms with van der Waals surface area (Å²) in [6.45, 7) is -0.507. The second-order valence-electron chi connectivity index (χ2n) is 3.10. The van der Waals surface area contributed by atoms with Crippen LogP contribution in [0, 0.1) is 0 Å². The fourth-order valence-corrected chi connectivity index (χ4v) is 1.84. The summed E-state index contributed by atoms with van der Waals surface area (Å²) in [5.41, 5.74) is 1.54. The van der Waals surface area contributed by atoms with Crippen LogP contribution >= 0.6 is 15.9 Å². The van der Waals surface area contributed by atoms with Crippen LogP contribution in [0.4, 0.5) is 4.39 Å². The molecule has 0 aromatic heterocycles. The maximum atomic E-state index is 12.5. The zero-order valence-electron chi connectivity index (χ0n) is 8.43. The maximum absolute atomic E-state index is 12.5. The number of carbonyl (C=O) groups excluding carboxylic acids is 1. The molecule has 1 rings (SSSR count). The first kappa shape index (κ1) is 12.2. The number of esters is 1. The monoisotopic (exact) mass is 274 g/mol. The minimum atomic E-state index is -0.507. The van der Waals surface area contributed by atoms with Crippen molar-refractivity contribution in [2.75, 3.05) is 7.11 Å². The lowest BCUT2D eigenvalue weighted by Gasteiger charge is -2.06.